The molecule has 1 atom stereocenters. The molecule has 0 heterocycles. The SMILES string of the molecule is CC1=[C-]C(C)C=C1CC12CC3CC(CC(C3)C1)C2.Clc1ccc([CH]=[Zr]=[CH]c2ccc(Cl)cc2)cc1.[Cl-].[Cl-].c1ccc2c(c1)[cH-]c1ccccc12. The van der Waals surface area contributed by atoms with Crippen LogP contribution in [0.25, 0.3) is 21.5 Å². The van der Waals surface area contributed by atoms with Crippen molar-refractivity contribution in [3.05, 3.63) is 148 Å². The predicted octanol–water partition coefficient (Wildman–Crippen LogP) is 6.72. The van der Waals surface area contributed by atoms with Crippen LogP contribution in [0.2, 0.25) is 10.0 Å². The van der Waals surface area contributed by atoms with E-state index in [2.05, 4.69) is 112 Å². The molecule has 0 aromatic heterocycles. The van der Waals surface area contributed by atoms with Crippen molar-refractivity contribution >= 4 is 52.2 Å². The molecule has 0 spiro atoms. The quantitative estimate of drug-likeness (QED) is 0.177. The topological polar surface area (TPSA) is 0 Å². The van der Waals surface area contributed by atoms with Gasteiger partial charge in [-0.1, -0.05) is 62.6 Å². The van der Waals surface area contributed by atoms with Gasteiger partial charge in [-0.3, -0.25) is 6.08 Å². The van der Waals surface area contributed by atoms with Crippen LogP contribution in [0.4, 0.5) is 0 Å². The van der Waals surface area contributed by atoms with Crippen LogP contribution in [0.3, 0.4) is 0 Å². The average Bonchev–Trinajstić information content (AvgIpc) is 3.60. The normalized spacial score (nSPS) is 23.9. The standard InChI is InChI=1S/C18H25.C13H9.2C7H5Cl.2ClH.Zr/c1-12-3-13(2)17(4-12)11-18-8-14-5-15(9-18)7-16(6-14)10-18;1-3-7-12-10(5-1)9-11-6-2-4-8-13(11)12;2*1-6-2-4-7(8)5-3-6;;;/h4,12,14-16H,5-11H2,1-2H3;1-9H;2*1-5H;2*1H;/q2*-1;;;;;/p-2. The second-order valence-electron chi connectivity index (χ2n) is 14.7. The molecule has 50 heavy (non-hydrogen) atoms. The Kier molecular flexibility index (Phi) is 13.9. The first kappa shape index (κ1) is 39.2. The molecule has 0 N–H and O–H groups in total. The molecule has 5 aromatic carbocycles. The van der Waals surface area contributed by atoms with Crippen molar-refractivity contribution in [3.63, 3.8) is 0 Å². The second-order valence-corrected chi connectivity index (χ2v) is 17.8. The van der Waals surface area contributed by atoms with Gasteiger partial charge < -0.3 is 24.8 Å². The van der Waals surface area contributed by atoms with E-state index >= 15 is 0 Å². The molecule has 4 bridgehead atoms. The number of rotatable bonds is 4. The van der Waals surface area contributed by atoms with Gasteiger partial charge >= 0.3 is 123 Å². The molecule has 5 aliphatic carbocycles. The minimum atomic E-state index is -0.623. The van der Waals surface area contributed by atoms with Crippen molar-refractivity contribution in [2.75, 3.05) is 0 Å². The number of hydrogen-bond donors (Lipinski definition) is 0. The Hall–Kier alpha value is -1.99. The predicted molar refractivity (Wildman–Crippen MR) is 205 cm³/mol. The van der Waals surface area contributed by atoms with Crippen molar-refractivity contribution in [2.24, 2.45) is 29.1 Å². The van der Waals surface area contributed by atoms with Gasteiger partial charge in [-0.05, 0) is 61.7 Å². The van der Waals surface area contributed by atoms with E-state index in [1.807, 2.05) is 24.3 Å². The van der Waals surface area contributed by atoms with Crippen LogP contribution in [0.15, 0.2) is 120 Å². The molecule has 4 saturated carbocycles. The van der Waals surface area contributed by atoms with Crippen LogP contribution in [-0.2, 0) is 22.3 Å². The van der Waals surface area contributed by atoms with Crippen LogP contribution in [-0.4, -0.2) is 7.42 Å². The molecule has 0 radical (unpaired) electrons. The first-order valence-corrected chi connectivity index (χ1v) is 21.2. The summed E-state index contributed by atoms with van der Waals surface area (Å²) in [5.74, 6) is 3.82. The number of allylic oxidation sites excluding steroid dienone is 4. The van der Waals surface area contributed by atoms with Gasteiger partial charge in [0, 0.05) is 0 Å². The minimum Gasteiger partial charge on any atom is -1.00 e. The third-order valence-electron chi connectivity index (χ3n) is 10.9. The largest absolute Gasteiger partial charge is 1.00 e. The molecule has 10 rings (SSSR count). The van der Waals surface area contributed by atoms with Gasteiger partial charge in [0.2, 0.25) is 0 Å². The first-order valence-electron chi connectivity index (χ1n) is 17.6. The summed E-state index contributed by atoms with van der Waals surface area (Å²) >= 11 is 11.0. The van der Waals surface area contributed by atoms with Gasteiger partial charge in [-0.2, -0.15) is 11.6 Å². The molecule has 1 unspecified atom stereocenters. The zero-order valence-electron chi connectivity index (χ0n) is 28.8. The first-order chi connectivity index (χ1) is 23.3. The van der Waals surface area contributed by atoms with Crippen LogP contribution >= 0.6 is 23.2 Å². The van der Waals surface area contributed by atoms with Crippen molar-refractivity contribution in [1.82, 2.24) is 0 Å². The van der Waals surface area contributed by atoms with E-state index in [-0.39, 0.29) is 24.8 Å². The summed E-state index contributed by atoms with van der Waals surface area (Å²) in [4.78, 5) is 0. The zero-order chi connectivity index (χ0) is 33.1. The Bertz CT molecular complexity index is 1870. The monoisotopic (exact) mass is 814 g/mol. The Balaban J connectivity index is 0.000000145. The zero-order valence-corrected chi connectivity index (χ0v) is 34.3. The Morgan fingerprint density at radius 2 is 1.14 bits per heavy atom. The number of benzene rings is 4. The van der Waals surface area contributed by atoms with E-state index < -0.39 is 22.3 Å². The van der Waals surface area contributed by atoms with E-state index in [0.29, 0.717) is 11.3 Å². The Morgan fingerprint density at radius 1 is 0.700 bits per heavy atom. The van der Waals surface area contributed by atoms with Crippen LogP contribution in [0.1, 0.15) is 69.9 Å². The molecule has 260 valence electrons. The summed E-state index contributed by atoms with van der Waals surface area (Å²) in [6.45, 7) is 4.55. The van der Waals surface area contributed by atoms with Crippen molar-refractivity contribution < 1.29 is 47.1 Å². The van der Waals surface area contributed by atoms with E-state index in [0.717, 1.165) is 27.8 Å². The van der Waals surface area contributed by atoms with Crippen LogP contribution in [0, 0.1) is 35.2 Å². The van der Waals surface area contributed by atoms with Gasteiger partial charge in [0.15, 0.2) is 0 Å². The number of halogens is 4. The number of fused-ring (bicyclic) bond motifs is 3. The van der Waals surface area contributed by atoms with Gasteiger partial charge in [0.05, 0.1) is 0 Å². The summed E-state index contributed by atoms with van der Waals surface area (Å²) in [6.07, 6.45) is 16.7. The molecular weight excluding hydrogens is 774 g/mol. The summed E-state index contributed by atoms with van der Waals surface area (Å²) in [7, 11) is 0. The number of hydrogen-bond acceptors (Lipinski definition) is 0. The molecule has 0 nitrogen and oxygen atoms in total. The third-order valence-corrected chi connectivity index (χ3v) is 13.8. The average molecular weight is 818 g/mol. The van der Waals surface area contributed by atoms with Crippen LogP contribution < -0.4 is 24.8 Å². The molecule has 5 heteroatoms. The smallest absolute Gasteiger partial charge is 0.0771 e. The van der Waals surface area contributed by atoms with E-state index in [9.17, 15) is 0 Å². The third kappa shape index (κ3) is 9.70. The summed E-state index contributed by atoms with van der Waals surface area (Å²) in [5, 5.41) is 6.96. The van der Waals surface area contributed by atoms with Gasteiger partial charge in [0.25, 0.3) is 0 Å². The van der Waals surface area contributed by atoms with Crippen LogP contribution in [0.5, 0.6) is 0 Å². The van der Waals surface area contributed by atoms with E-state index in [4.69, 9.17) is 23.2 Å². The molecule has 0 amide bonds. The van der Waals surface area contributed by atoms with Gasteiger partial charge in [-0.15, -0.1) is 39.7 Å². The molecule has 5 aromatic rings. The molecule has 0 aliphatic heterocycles. The van der Waals surface area contributed by atoms with E-state index in [1.54, 1.807) is 44.1 Å². The fourth-order valence-corrected chi connectivity index (χ4v) is 11.6. The second kappa shape index (κ2) is 17.7. The molecular formula is C45H44Cl4Zr-4. The summed E-state index contributed by atoms with van der Waals surface area (Å²) < 4.78 is 4.66. The van der Waals surface area contributed by atoms with Gasteiger partial charge in [0.1, 0.15) is 0 Å². The van der Waals surface area contributed by atoms with Crippen molar-refractivity contribution in [2.45, 2.75) is 58.8 Å². The van der Waals surface area contributed by atoms with Gasteiger partial charge in [-0.25, -0.2) is 5.57 Å². The Labute approximate surface area is 332 Å². The van der Waals surface area contributed by atoms with Crippen molar-refractivity contribution in [3.8, 4) is 0 Å². The molecule has 5 aliphatic rings. The maximum atomic E-state index is 5.84. The maximum absolute atomic E-state index is 5.84. The fourth-order valence-electron chi connectivity index (χ4n) is 9.26. The molecule has 4 fully saturated rings. The van der Waals surface area contributed by atoms with E-state index in [1.165, 1.54) is 44.7 Å². The molecule has 0 saturated heterocycles. The summed E-state index contributed by atoms with van der Waals surface area (Å²) in [6, 6.07) is 35.2. The van der Waals surface area contributed by atoms with Crippen molar-refractivity contribution in [1.29, 1.82) is 0 Å². The Morgan fingerprint density at radius 3 is 1.56 bits per heavy atom. The minimum absolute atomic E-state index is 0. The maximum Gasteiger partial charge on any atom is -0.0771 e. The summed E-state index contributed by atoms with van der Waals surface area (Å²) in [5.41, 5.74) is 6.31. The fraction of sp³-hybridized carbons (Fsp3) is 0.311.